The van der Waals surface area contributed by atoms with E-state index in [0.717, 1.165) is 31.2 Å². The van der Waals surface area contributed by atoms with Crippen LogP contribution in [0.15, 0.2) is 24.3 Å². The second kappa shape index (κ2) is 5.87. The predicted molar refractivity (Wildman–Crippen MR) is 69.9 cm³/mol. The molecular formula is C14H20N2O2. The molecule has 1 aromatic carbocycles. The molecule has 1 saturated carbocycles. The number of phenols is 1. The Labute approximate surface area is 107 Å². The van der Waals surface area contributed by atoms with Crippen molar-refractivity contribution < 1.29 is 9.90 Å². The molecule has 0 spiro atoms. The number of phenolic OH excluding ortho intramolecular Hbond substituents is 1. The van der Waals surface area contributed by atoms with E-state index in [1.165, 1.54) is 0 Å². The second-order valence-corrected chi connectivity index (χ2v) is 5.01. The summed E-state index contributed by atoms with van der Waals surface area (Å²) in [6.07, 6.45) is 3.80. The number of amides is 1. The number of nitrogens with two attached hydrogens (primary N) is 1. The van der Waals surface area contributed by atoms with E-state index in [-0.39, 0.29) is 23.6 Å². The summed E-state index contributed by atoms with van der Waals surface area (Å²) < 4.78 is 0. The molecule has 0 radical (unpaired) electrons. The van der Waals surface area contributed by atoms with Crippen molar-refractivity contribution in [2.45, 2.75) is 38.3 Å². The first-order chi connectivity index (χ1) is 8.65. The van der Waals surface area contributed by atoms with Gasteiger partial charge in [0.1, 0.15) is 5.75 Å². The Morgan fingerprint density at radius 2 is 2.06 bits per heavy atom. The molecule has 0 heterocycles. The highest BCUT2D eigenvalue weighted by Gasteiger charge is 2.24. The zero-order valence-corrected chi connectivity index (χ0v) is 10.4. The van der Waals surface area contributed by atoms with E-state index in [4.69, 9.17) is 10.8 Å². The molecule has 2 atom stereocenters. The van der Waals surface area contributed by atoms with E-state index >= 15 is 0 Å². The molecule has 2 rings (SSSR count). The van der Waals surface area contributed by atoms with E-state index in [9.17, 15) is 4.79 Å². The van der Waals surface area contributed by atoms with Gasteiger partial charge >= 0.3 is 0 Å². The first-order valence-corrected chi connectivity index (χ1v) is 6.46. The summed E-state index contributed by atoms with van der Waals surface area (Å²) in [6, 6.07) is 7.03. The van der Waals surface area contributed by atoms with Crippen LogP contribution in [0.1, 0.15) is 31.2 Å². The molecule has 2 unspecified atom stereocenters. The van der Waals surface area contributed by atoms with E-state index in [1.807, 2.05) is 12.1 Å². The largest absolute Gasteiger partial charge is 0.508 e. The monoisotopic (exact) mass is 248 g/mol. The normalized spacial score (nSPS) is 23.6. The predicted octanol–water partition coefficient (Wildman–Crippen LogP) is 1.53. The third-order valence-electron chi connectivity index (χ3n) is 3.49. The smallest absolute Gasteiger partial charge is 0.223 e. The van der Waals surface area contributed by atoms with Crippen LogP contribution in [-0.2, 0) is 11.3 Å². The van der Waals surface area contributed by atoms with Gasteiger partial charge in [0, 0.05) is 18.5 Å². The van der Waals surface area contributed by atoms with Crippen molar-refractivity contribution in [2.24, 2.45) is 11.7 Å². The molecule has 4 heteroatoms. The minimum absolute atomic E-state index is 0.0610. The van der Waals surface area contributed by atoms with Crippen LogP contribution >= 0.6 is 0 Å². The van der Waals surface area contributed by atoms with Gasteiger partial charge in [0.25, 0.3) is 0 Å². The van der Waals surface area contributed by atoms with E-state index in [2.05, 4.69) is 5.32 Å². The maximum Gasteiger partial charge on any atom is 0.223 e. The maximum atomic E-state index is 12.0. The number of carbonyl (C=O) groups excluding carboxylic acids is 1. The van der Waals surface area contributed by atoms with E-state index in [0.29, 0.717) is 6.54 Å². The quantitative estimate of drug-likeness (QED) is 0.759. The fourth-order valence-corrected chi connectivity index (χ4v) is 2.41. The molecule has 98 valence electrons. The van der Waals surface area contributed by atoms with Gasteiger partial charge in [0.05, 0.1) is 0 Å². The highest BCUT2D eigenvalue weighted by atomic mass is 16.3. The van der Waals surface area contributed by atoms with Crippen LogP contribution in [0.5, 0.6) is 5.75 Å². The van der Waals surface area contributed by atoms with E-state index in [1.54, 1.807) is 12.1 Å². The van der Waals surface area contributed by atoms with Crippen molar-refractivity contribution in [2.75, 3.05) is 0 Å². The summed E-state index contributed by atoms with van der Waals surface area (Å²) in [4.78, 5) is 12.0. The Morgan fingerprint density at radius 3 is 2.72 bits per heavy atom. The van der Waals surface area contributed by atoms with Gasteiger partial charge in [-0.25, -0.2) is 0 Å². The minimum atomic E-state index is 0.0610. The van der Waals surface area contributed by atoms with Crippen LogP contribution in [0.25, 0.3) is 0 Å². The SMILES string of the molecule is NC1CCCC(C(=O)NCc2ccc(O)cc2)C1. The highest BCUT2D eigenvalue weighted by Crippen LogP contribution is 2.23. The topological polar surface area (TPSA) is 75.4 Å². The lowest BCUT2D eigenvalue weighted by atomic mass is 9.85. The number of aromatic hydroxyl groups is 1. The molecule has 1 aliphatic rings. The standard InChI is InChI=1S/C14H20N2O2/c15-12-3-1-2-11(8-12)14(18)16-9-10-4-6-13(17)7-5-10/h4-7,11-12,17H,1-3,8-9,15H2,(H,16,18). The number of rotatable bonds is 3. The van der Waals surface area contributed by atoms with Crippen LogP contribution in [0.2, 0.25) is 0 Å². The first kappa shape index (κ1) is 12.9. The minimum Gasteiger partial charge on any atom is -0.508 e. The first-order valence-electron chi connectivity index (χ1n) is 6.46. The van der Waals surface area contributed by atoms with Crippen molar-refractivity contribution in [1.29, 1.82) is 0 Å². The number of nitrogens with one attached hydrogen (secondary N) is 1. The number of hydrogen-bond donors (Lipinski definition) is 3. The second-order valence-electron chi connectivity index (χ2n) is 5.01. The number of carbonyl (C=O) groups is 1. The van der Waals surface area contributed by atoms with Gasteiger partial charge in [-0.1, -0.05) is 18.6 Å². The zero-order valence-electron chi connectivity index (χ0n) is 10.4. The average molecular weight is 248 g/mol. The molecular weight excluding hydrogens is 228 g/mol. The molecule has 1 fully saturated rings. The third-order valence-corrected chi connectivity index (χ3v) is 3.49. The molecule has 18 heavy (non-hydrogen) atoms. The summed E-state index contributed by atoms with van der Waals surface area (Å²) in [5.41, 5.74) is 6.87. The molecule has 0 saturated heterocycles. The summed E-state index contributed by atoms with van der Waals surface area (Å²) >= 11 is 0. The van der Waals surface area contributed by atoms with Gasteiger partial charge < -0.3 is 16.2 Å². The van der Waals surface area contributed by atoms with Crippen molar-refractivity contribution in [3.63, 3.8) is 0 Å². The van der Waals surface area contributed by atoms with Gasteiger partial charge in [0.2, 0.25) is 5.91 Å². The Balaban J connectivity index is 1.82. The number of hydrogen-bond acceptors (Lipinski definition) is 3. The summed E-state index contributed by atoms with van der Waals surface area (Å²) in [7, 11) is 0. The molecule has 0 bridgehead atoms. The van der Waals surface area contributed by atoms with Crippen LogP contribution in [0.4, 0.5) is 0 Å². The summed E-state index contributed by atoms with van der Waals surface area (Å²) in [5.74, 6) is 0.396. The Kier molecular flexibility index (Phi) is 4.20. The van der Waals surface area contributed by atoms with Gasteiger partial charge in [-0.15, -0.1) is 0 Å². The average Bonchev–Trinajstić information content (AvgIpc) is 2.38. The van der Waals surface area contributed by atoms with Crippen molar-refractivity contribution in [3.8, 4) is 5.75 Å². The lowest BCUT2D eigenvalue weighted by molar-refractivity contribution is -0.126. The fourth-order valence-electron chi connectivity index (χ4n) is 2.41. The van der Waals surface area contributed by atoms with E-state index < -0.39 is 0 Å². The van der Waals surface area contributed by atoms with Crippen molar-refractivity contribution in [3.05, 3.63) is 29.8 Å². The maximum absolute atomic E-state index is 12.0. The molecule has 0 aromatic heterocycles. The van der Waals surface area contributed by atoms with Gasteiger partial charge in [-0.3, -0.25) is 4.79 Å². The molecule has 4 N–H and O–H groups in total. The zero-order chi connectivity index (χ0) is 13.0. The molecule has 1 amide bonds. The molecule has 1 aromatic rings. The Hall–Kier alpha value is -1.55. The summed E-state index contributed by atoms with van der Waals surface area (Å²) in [6.45, 7) is 0.505. The van der Waals surface area contributed by atoms with Crippen molar-refractivity contribution >= 4 is 5.91 Å². The summed E-state index contributed by atoms with van der Waals surface area (Å²) in [5, 5.41) is 12.1. The lowest BCUT2D eigenvalue weighted by Gasteiger charge is -2.25. The Bertz CT molecular complexity index is 403. The lowest BCUT2D eigenvalue weighted by Crippen LogP contribution is -2.37. The molecule has 0 aliphatic heterocycles. The van der Waals surface area contributed by atoms with Gasteiger partial charge in [-0.05, 0) is 37.0 Å². The van der Waals surface area contributed by atoms with Crippen LogP contribution in [0, 0.1) is 5.92 Å². The van der Waals surface area contributed by atoms with Crippen LogP contribution < -0.4 is 11.1 Å². The molecule has 1 aliphatic carbocycles. The van der Waals surface area contributed by atoms with Crippen LogP contribution in [0.3, 0.4) is 0 Å². The number of benzene rings is 1. The van der Waals surface area contributed by atoms with Gasteiger partial charge in [0.15, 0.2) is 0 Å². The molecule has 4 nitrogen and oxygen atoms in total. The Morgan fingerprint density at radius 1 is 1.33 bits per heavy atom. The fraction of sp³-hybridized carbons (Fsp3) is 0.500. The third kappa shape index (κ3) is 3.47. The van der Waals surface area contributed by atoms with Crippen molar-refractivity contribution in [1.82, 2.24) is 5.32 Å². The highest BCUT2D eigenvalue weighted by molar-refractivity contribution is 5.78. The van der Waals surface area contributed by atoms with Gasteiger partial charge in [-0.2, -0.15) is 0 Å². The van der Waals surface area contributed by atoms with Crippen LogP contribution in [-0.4, -0.2) is 17.1 Å².